The SMILES string of the molecule is Cc1cc(C(F)(F)F)cc(O)c1-c1ccc(N[C@H]2CC[C@@H](O)[C@@H]2O)nn1. The van der Waals surface area contributed by atoms with Gasteiger partial charge in [-0.05, 0) is 49.6 Å². The zero-order chi connectivity index (χ0) is 19.1. The Morgan fingerprint density at radius 3 is 2.35 bits per heavy atom. The van der Waals surface area contributed by atoms with E-state index >= 15 is 0 Å². The van der Waals surface area contributed by atoms with E-state index in [9.17, 15) is 28.5 Å². The van der Waals surface area contributed by atoms with Crippen molar-refractivity contribution in [1.82, 2.24) is 10.2 Å². The number of benzene rings is 1. The summed E-state index contributed by atoms with van der Waals surface area (Å²) in [6, 6.07) is 4.32. The topological polar surface area (TPSA) is 98.5 Å². The van der Waals surface area contributed by atoms with Crippen LogP contribution in [-0.2, 0) is 6.18 Å². The van der Waals surface area contributed by atoms with Crippen LogP contribution in [0.3, 0.4) is 0 Å². The van der Waals surface area contributed by atoms with E-state index in [1.165, 1.54) is 13.0 Å². The highest BCUT2D eigenvalue weighted by molar-refractivity contribution is 5.71. The summed E-state index contributed by atoms with van der Waals surface area (Å²) in [7, 11) is 0. The summed E-state index contributed by atoms with van der Waals surface area (Å²) >= 11 is 0. The molecule has 0 saturated heterocycles. The van der Waals surface area contributed by atoms with Crippen LogP contribution in [0.5, 0.6) is 5.75 Å². The van der Waals surface area contributed by atoms with Crippen LogP contribution in [0.4, 0.5) is 19.0 Å². The van der Waals surface area contributed by atoms with Gasteiger partial charge < -0.3 is 20.6 Å². The number of aromatic hydroxyl groups is 1. The molecule has 0 unspecified atom stereocenters. The lowest BCUT2D eigenvalue weighted by atomic mass is 10.0. The summed E-state index contributed by atoms with van der Waals surface area (Å²) in [6.45, 7) is 1.45. The van der Waals surface area contributed by atoms with Gasteiger partial charge in [-0.25, -0.2) is 0 Å². The molecule has 1 aliphatic rings. The van der Waals surface area contributed by atoms with Gasteiger partial charge in [-0.1, -0.05) is 0 Å². The van der Waals surface area contributed by atoms with Crippen molar-refractivity contribution >= 4 is 5.82 Å². The van der Waals surface area contributed by atoms with Crippen molar-refractivity contribution in [1.29, 1.82) is 0 Å². The monoisotopic (exact) mass is 369 g/mol. The van der Waals surface area contributed by atoms with Crippen LogP contribution in [0, 0.1) is 6.92 Å². The predicted octanol–water partition coefficient (Wildman–Crippen LogP) is 2.47. The summed E-state index contributed by atoms with van der Waals surface area (Å²) < 4.78 is 38.4. The Labute approximate surface area is 147 Å². The number of aliphatic hydroxyl groups is 2. The lowest BCUT2D eigenvalue weighted by molar-refractivity contribution is -0.137. The van der Waals surface area contributed by atoms with E-state index in [1.807, 2.05) is 0 Å². The molecule has 1 saturated carbocycles. The number of phenols is 1. The number of hydrogen-bond donors (Lipinski definition) is 4. The minimum absolute atomic E-state index is 0.174. The van der Waals surface area contributed by atoms with Gasteiger partial charge in [-0.2, -0.15) is 13.2 Å². The molecule has 26 heavy (non-hydrogen) atoms. The summed E-state index contributed by atoms with van der Waals surface area (Å²) in [5.41, 5.74) is -0.308. The molecule has 0 bridgehead atoms. The number of anilines is 1. The van der Waals surface area contributed by atoms with Crippen LogP contribution in [0.1, 0.15) is 24.0 Å². The van der Waals surface area contributed by atoms with Crippen molar-refractivity contribution in [2.45, 2.75) is 44.2 Å². The van der Waals surface area contributed by atoms with Gasteiger partial charge in [0.05, 0.1) is 29.5 Å². The van der Waals surface area contributed by atoms with Gasteiger partial charge in [0.1, 0.15) is 11.6 Å². The van der Waals surface area contributed by atoms with Gasteiger partial charge in [0, 0.05) is 5.56 Å². The Hall–Kier alpha value is -2.39. The molecule has 1 aromatic heterocycles. The summed E-state index contributed by atoms with van der Waals surface area (Å²) in [4.78, 5) is 0. The van der Waals surface area contributed by atoms with Gasteiger partial charge in [-0.3, -0.25) is 0 Å². The molecule has 4 N–H and O–H groups in total. The normalized spacial score (nSPS) is 23.2. The maximum atomic E-state index is 12.8. The molecule has 2 aromatic rings. The smallest absolute Gasteiger partial charge is 0.416 e. The van der Waals surface area contributed by atoms with E-state index in [2.05, 4.69) is 15.5 Å². The van der Waals surface area contributed by atoms with Crippen molar-refractivity contribution < 1.29 is 28.5 Å². The fourth-order valence-corrected chi connectivity index (χ4v) is 3.12. The number of rotatable bonds is 3. The number of alkyl halides is 3. The highest BCUT2D eigenvalue weighted by Gasteiger charge is 2.34. The van der Waals surface area contributed by atoms with Gasteiger partial charge in [0.15, 0.2) is 0 Å². The van der Waals surface area contributed by atoms with Crippen LogP contribution in [-0.4, -0.2) is 43.8 Å². The highest BCUT2D eigenvalue weighted by Crippen LogP contribution is 2.38. The molecule has 0 radical (unpaired) electrons. The molecular formula is C17H18F3N3O3. The lowest BCUT2D eigenvalue weighted by Gasteiger charge is -2.18. The van der Waals surface area contributed by atoms with Crippen molar-refractivity contribution in [2.24, 2.45) is 0 Å². The quantitative estimate of drug-likeness (QED) is 0.664. The third-order valence-corrected chi connectivity index (χ3v) is 4.48. The molecule has 0 spiro atoms. The Morgan fingerprint density at radius 1 is 1.12 bits per heavy atom. The first-order valence-electron chi connectivity index (χ1n) is 8.04. The Balaban J connectivity index is 1.83. The standard InChI is InChI=1S/C17H18F3N3O3/c1-8-6-9(17(18,19)20)7-13(25)15(8)10-3-5-14(23-22-10)21-11-2-4-12(24)16(11)26/h3,5-7,11-12,16,24-26H,2,4H2,1H3,(H,21,23)/t11-,12+,16+/m0/s1. The maximum absolute atomic E-state index is 12.8. The molecular weight excluding hydrogens is 351 g/mol. The minimum Gasteiger partial charge on any atom is -0.507 e. The Kier molecular flexibility index (Phi) is 4.76. The first-order valence-corrected chi connectivity index (χ1v) is 8.04. The molecule has 3 rings (SSSR count). The van der Waals surface area contributed by atoms with Gasteiger partial charge in [0.2, 0.25) is 0 Å². The van der Waals surface area contributed by atoms with Gasteiger partial charge >= 0.3 is 6.18 Å². The van der Waals surface area contributed by atoms with Crippen molar-refractivity contribution in [3.05, 3.63) is 35.4 Å². The van der Waals surface area contributed by atoms with E-state index in [0.29, 0.717) is 24.7 Å². The second-order valence-corrected chi connectivity index (χ2v) is 6.37. The molecule has 140 valence electrons. The largest absolute Gasteiger partial charge is 0.507 e. The Morgan fingerprint density at radius 2 is 1.85 bits per heavy atom. The molecule has 0 amide bonds. The van der Waals surface area contributed by atoms with Crippen molar-refractivity contribution in [2.75, 3.05) is 5.32 Å². The molecule has 0 aliphatic heterocycles. The van der Waals surface area contributed by atoms with Crippen LogP contribution in [0.2, 0.25) is 0 Å². The zero-order valence-electron chi connectivity index (χ0n) is 13.8. The third kappa shape index (κ3) is 3.58. The van der Waals surface area contributed by atoms with Crippen LogP contribution in [0.25, 0.3) is 11.3 Å². The second-order valence-electron chi connectivity index (χ2n) is 6.37. The van der Waals surface area contributed by atoms with Gasteiger partial charge in [-0.15, -0.1) is 10.2 Å². The van der Waals surface area contributed by atoms with Crippen molar-refractivity contribution in [3.63, 3.8) is 0 Å². The van der Waals surface area contributed by atoms with E-state index in [-0.39, 0.29) is 22.9 Å². The first-order chi connectivity index (χ1) is 12.2. The molecule has 1 fully saturated rings. The molecule has 1 aliphatic carbocycles. The van der Waals surface area contributed by atoms with Crippen LogP contribution in [0.15, 0.2) is 24.3 Å². The number of aromatic nitrogens is 2. The fraction of sp³-hybridized carbons (Fsp3) is 0.412. The number of nitrogens with zero attached hydrogens (tertiary/aromatic N) is 2. The summed E-state index contributed by atoms with van der Waals surface area (Å²) in [5.74, 6) is -0.169. The average Bonchev–Trinajstić information content (AvgIpc) is 2.87. The average molecular weight is 369 g/mol. The number of aliphatic hydroxyl groups excluding tert-OH is 2. The Bertz CT molecular complexity index is 773. The minimum atomic E-state index is -4.55. The van der Waals surface area contributed by atoms with Crippen LogP contribution >= 0.6 is 0 Å². The van der Waals surface area contributed by atoms with Gasteiger partial charge in [0.25, 0.3) is 0 Å². The number of halogens is 3. The number of hydrogen-bond acceptors (Lipinski definition) is 6. The molecule has 1 aromatic carbocycles. The molecule has 6 nitrogen and oxygen atoms in total. The van der Waals surface area contributed by atoms with E-state index in [0.717, 1.165) is 6.07 Å². The van der Waals surface area contributed by atoms with E-state index in [4.69, 9.17) is 0 Å². The molecule has 3 atom stereocenters. The maximum Gasteiger partial charge on any atom is 0.416 e. The lowest BCUT2D eigenvalue weighted by Crippen LogP contribution is -2.34. The van der Waals surface area contributed by atoms with E-state index in [1.54, 1.807) is 6.07 Å². The van der Waals surface area contributed by atoms with Crippen LogP contribution < -0.4 is 5.32 Å². The highest BCUT2D eigenvalue weighted by atomic mass is 19.4. The van der Waals surface area contributed by atoms with E-state index < -0.39 is 29.7 Å². The second kappa shape index (κ2) is 6.73. The molecule has 9 heteroatoms. The fourth-order valence-electron chi connectivity index (χ4n) is 3.12. The molecule has 1 heterocycles. The third-order valence-electron chi connectivity index (χ3n) is 4.48. The predicted molar refractivity (Wildman–Crippen MR) is 87.5 cm³/mol. The summed E-state index contributed by atoms with van der Waals surface area (Å²) in [6.07, 6.45) is -5.19. The summed E-state index contributed by atoms with van der Waals surface area (Å²) in [5, 5.41) is 40.2. The first kappa shape index (κ1) is 18.4. The number of phenolic OH excluding ortho intramolecular Hbond substituents is 1. The van der Waals surface area contributed by atoms with Crippen molar-refractivity contribution in [3.8, 4) is 17.0 Å². The number of aryl methyl sites for hydroxylation is 1. The zero-order valence-corrected chi connectivity index (χ0v) is 13.8. The number of nitrogens with one attached hydrogen (secondary N) is 1.